The lowest BCUT2D eigenvalue weighted by Crippen LogP contribution is -2.34. The van der Waals surface area contributed by atoms with Crippen molar-refractivity contribution in [1.29, 1.82) is 0 Å². The quantitative estimate of drug-likeness (QED) is 0.381. The summed E-state index contributed by atoms with van der Waals surface area (Å²) in [5, 5.41) is 4.30. The number of hydrogen-bond acceptors (Lipinski definition) is 4. The lowest BCUT2D eigenvalue weighted by atomic mass is 10.2. The number of benzene rings is 2. The van der Waals surface area contributed by atoms with Crippen LogP contribution in [0.5, 0.6) is 0 Å². The van der Waals surface area contributed by atoms with Gasteiger partial charge in [-0.25, -0.2) is 9.47 Å². The smallest absolute Gasteiger partial charge is 0.273 e. The lowest BCUT2D eigenvalue weighted by Gasteiger charge is -2.13. The molecule has 7 heteroatoms. The highest BCUT2D eigenvalue weighted by atomic mass is 35.5. The fourth-order valence-electron chi connectivity index (χ4n) is 3.05. The van der Waals surface area contributed by atoms with Gasteiger partial charge in [0.2, 0.25) is 5.91 Å². The Labute approximate surface area is 183 Å². The Balaban J connectivity index is 1.74. The Morgan fingerprint density at radius 3 is 2.62 bits per heavy atom. The zero-order chi connectivity index (χ0) is 20.4. The van der Waals surface area contributed by atoms with Crippen molar-refractivity contribution in [2.24, 2.45) is 4.99 Å². The van der Waals surface area contributed by atoms with Crippen LogP contribution in [0.3, 0.4) is 0 Å². The third-order valence-corrected chi connectivity index (χ3v) is 6.54. The fraction of sp³-hybridized carbons (Fsp3) is 0.136. The van der Waals surface area contributed by atoms with Gasteiger partial charge in [0.25, 0.3) is 5.17 Å². The Kier molecular flexibility index (Phi) is 5.85. The van der Waals surface area contributed by atoms with Crippen LogP contribution in [0.4, 0.5) is 10.8 Å². The first-order valence-corrected chi connectivity index (χ1v) is 11.3. The monoisotopic (exact) mass is 440 g/mol. The first-order chi connectivity index (χ1) is 14.1. The van der Waals surface area contributed by atoms with Crippen molar-refractivity contribution >= 4 is 56.6 Å². The van der Waals surface area contributed by atoms with Crippen LogP contribution in [-0.4, -0.2) is 16.8 Å². The molecule has 1 aliphatic heterocycles. The number of aryl methyl sites for hydroxylation is 1. The average molecular weight is 441 g/mol. The number of rotatable bonds is 5. The molecule has 0 bridgehead atoms. The predicted octanol–water partition coefficient (Wildman–Crippen LogP) is 5.62. The van der Waals surface area contributed by atoms with Gasteiger partial charge >= 0.3 is 5.13 Å². The second-order valence-electron chi connectivity index (χ2n) is 6.56. The largest absolute Gasteiger partial charge is 0.385 e. The molecule has 3 aromatic rings. The molecule has 2 aromatic carbocycles. The number of amides is 1. The third kappa shape index (κ3) is 4.15. The predicted molar refractivity (Wildman–Crippen MR) is 123 cm³/mol. The lowest BCUT2D eigenvalue weighted by molar-refractivity contribution is -0.658. The van der Waals surface area contributed by atoms with Crippen LogP contribution in [0.2, 0.25) is 5.02 Å². The van der Waals surface area contributed by atoms with Crippen LogP contribution in [0.15, 0.2) is 71.6 Å². The van der Waals surface area contributed by atoms with E-state index in [2.05, 4.69) is 16.5 Å². The van der Waals surface area contributed by atoms with E-state index in [1.54, 1.807) is 16.2 Å². The SMILES string of the molecule is C=CC[n+]1c(-c2ccc(Cl)cc2)csc1N=C1SCC(=O)N1c1ccc(C)cc1. The minimum atomic E-state index is 0.0438. The second-order valence-corrected chi connectivity index (χ2v) is 8.77. The molecule has 146 valence electrons. The Morgan fingerprint density at radius 1 is 1.21 bits per heavy atom. The van der Waals surface area contributed by atoms with Gasteiger partial charge in [0.1, 0.15) is 12.2 Å². The van der Waals surface area contributed by atoms with Crippen LogP contribution in [0.1, 0.15) is 5.56 Å². The summed E-state index contributed by atoms with van der Waals surface area (Å²) in [6, 6.07) is 15.7. The van der Waals surface area contributed by atoms with Crippen LogP contribution in [0, 0.1) is 6.92 Å². The molecule has 0 atom stereocenters. The number of carbonyl (C=O) groups excluding carboxylic acids is 1. The maximum absolute atomic E-state index is 12.5. The zero-order valence-electron chi connectivity index (χ0n) is 15.8. The summed E-state index contributed by atoms with van der Waals surface area (Å²) in [5.41, 5.74) is 4.10. The molecular formula is C22H19ClN3OS2+. The number of aliphatic imine (C=N–C) groups is 1. The number of aromatic nitrogens is 1. The van der Waals surface area contributed by atoms with Crippen LogP contribution < -0.4 is 9.47 Å². The van der Waals surface area contributed by atoms with Crippen LogP contribution >= 0.6 is 34.7 Å². The van der Waals surface area contributed by atoms with Crippen molar-refractivity contribution in [2.45, 2.75) is 13.5 Å². The molecule has 1 aromatic heterocycles. The summed E-state index contributed by atoms with van der Waals surface area (Å²) < 4.78 is 2.10. The van der Waals surface area contributed by atoms with E-state index in [0.29, 0.717) is 22.5 Å². The zero-order valence-corrected chi connectivity index (χ0v) is 18.2. The Hall–Kier alpha value is -2.41. The number of nitrogens with zero attached hydrogens (tertiary/aromatic N) is 3. The minimum Gasteiger partial charge on any atom is -0.273 e. The van der Waals surface area contributed by atoms with Gasteiger partial charge in [-0.05, 0) is 60.1 Å². The molecule has 1 fully saturated rings. The number of allylic oxidation sites excluding steroid dienone is 1. The normalized spacial score (nSPS) is 15.3. The summed E-state index contributed by atoms with van der Waals surface area (Å²) in [7, 11) is 0. The number of hydrogen-bond donors (Lipinski definition) is 0. The molecule has 0 aliphatic carbocycles. The highest BCUT2D eigenvalue weighted by molar-refractivity contribution is 8.15. The number of halogens is 1. The first-order valence-electron chi connectivity index (χ1n) is 9.06. The molecule has 0 unspecified atom stereocenters. The Morgan fingerprint density at radius 2 is 1.93 bits per heavy atom. The molecule has 1 saturated heterocycles. The van der Waals surface area contributed by atoms with E-state index < -0.39 is 0 Å². The van der Waals surface area contributed by atoms with E-state index in [4.69, 9.17) is 16.6 Å². The first kappa shape index (κ1) is 19.9. The molecule has 0 N–H and O–H groups in total. The summed E-state index contributed by atoms with van der Waals surface area (Å²) in [4.78, 5) is 19.1. The van der Waals surface area contributed by atoms with Crippen LogP contribution in [0.25, 0.3) is 11.3 Å². The van der Waals surface area contributed by atoms with Gasteiger partial charge in [0, 0.05) is 16.0 Å². The van der Waals surface area contributed by atoms with E-state index in [1.165, 1.54) is 11.8 Å². The second kappa shape index (κ2) is 8.53. The van der Waals surface area contributed by atoms with Gasteiger partial charge in [-0.15, -0.1) is 0 Å². The molecule has 1 aliphatic rings. The van der Waals surface area contributed by atoms with Crippen molar-refractivity contribution in [1.82, 2.24) is 0 Å². The third-order valence-electron chi connectivity index (χ3n) is 4.50. The molecule has 0 saturated carbocycles. The van der Waals surface area contributed by atoms with Gasteiger partial charge < -0.3 is 0 Å². The molecule has 4 rings (SSSR count). The summed E-state index contributed by atoms with van der Waals surface area (Å²) in [5.74, 6) is 0.436. The van der Waals surface area contributed by atoms with Gasteiger partial charge in [-0.2, -0.15) is 0 Å². The van der Waals surface area contributed by atoms with Crippen molar-refractivity contribution in [3.8, 4) is 11.3 Å². The van der Waals surface area contributed by atoms with E-state index in [1.807, 2.05) is 61.5 Å². The molecule has 2 heterocycles. The molecule has 29 heavy (non-hydrogen) atoms. The Bertz CT molecular complexity index is 1090. The topological polar surface area (TPSA) is 36.6 Å². The molecule has 4 nitrogen and oxygen atoms in total. The van der Waals surface area contributed by atoms with E-state index >= 15 is 0 Å². The summed E-state index contributed by atoms with van der Waals surface area (Å²) in [6.45, 7) is 6.54. The number of amidine groups is 1. The van der Waals surface area contributed by atoms with Crippen molar-refractivity contribution in [3.63, 3.8) is 0 Å². The summed E-state index contributed by atoms with van der Waals surface area (Å²) in [6.07, 6.45) is 1.85. The van der Waals surface area contributed by atoms with Crippen molar-refractivity contribution < 1.29 is 9.36 Å². The number of anilines is 1. The van der Waals surface area contributed by atoms with E-state index in [-0.39, 0.29) is 5.91 Å². The van der Waals surface area contributed by atoms with Gasteiger partial charge in [0.15, 0.2) is 0 Å². The van der Waals surface area contributed by atoms with Crippen molar-refractivity contribution in [3.05, 3.63) is 77.2 Å². The fourth-order valence-corrected chi connectivity index (χ4v) is 5.02. The maximum atomic E-state index is 12.5. The molecular weight excluding hydrogens is 422 g/mol. The number of carbonyl (C=O) groups is 1. The minimum absolute atomic E-state index is 0.0438. The standard InChI is InChI=1S/C22H19ClN3OS2/c1-3-12-25-19(16-6-8-17(23)9-7-16)13-28-21(25)24-22-26(20(27)14-29-22)18-10-4-15(2)5-11-18/h3-11,13H,1,12,14H2,2H3/q+1. The summed E-state index contributed by atoms with van der Waals surface area (Å²) >= 11 is 9.04. The van der Waals surface area contributed by atoms with E-state index in [0.717, 1.165) is 27.6 Å². The highest BCUT2D eigenvalue weighted by Gasteiger charge is 2.35. The molecule has 0 radical (unpaired) electrons. The van der Waals surface area contributed by atoms with Gasteiger partial charge in [0.05, 0.1) is 11.4 Å². The molecule has 1 amide bonds. The highest BCUT2D eigenvalue weighted by Crippen LogP contribution is 2.31. The maximum Gasteiger partial charge on any atom is 0.385 e. The van der Waals surface area contributed by atoms with Crippen molar-refractivity contribution in [2.75, 3.05) is 10.7 Å². The van der Waals surface area contributed by atoms with Crippen LogP contribution in [-0.2, 0) is 11.3 Å². The van der Waals surface area contributed by atoms with Gasteiger partial charge in [-0.3, -0.25) is 4.79 Å². The van der Waals surface area contributed by atoms with E-state index in [9.17, 15) is 4.79 Å². The number of thiazole rings is 1. The number of thioether (sulfide) groups is 1. The average Bonchev–Trinajstić information content (AvgIpc) is 3.28. The van der Waals surface area contributed by atoms with Gasteiger partial charge in [-0.1, -0.05) is 53.3 Å². The molecule has 0 spiro atoms.